The third kappa shape index (κ3) is 4.47. The van der Waals surface area contributed by atoms with Gasteiger partial charge in [0.05, 0.1) is 17.2 Å². The van der Waals surface area contributed by atoms with Gasteiger partial charge in [-0.15, -0.1) is 0 Å². The molecular formula is C14H17F3N2. The van der Waals surface area contributed by atoms with Gasteiger partial charge in [0.1, 0.15) is 0 Å². The van der Waals surface area contributed by atoms with Crippen LogP contribution in [-0.2, 0) is 6.18 Å². The van der Waals surface area contributed by atoms with Crippen molar-refractivity contribution in [2.75, 3.05) is 5.32 Å². The molecule has 0 saturated heterocycles. The lowest BCUT2D eigenvalue weighted by Gasteiger charge is -2.19. The fourth-order valence-electron chi connectivity index (χ4n) is 1.82. The van der Waals surface area contributed by atoms with Gasteiger partial charge >= 0.3 is 6.18 Å². The molecule has 1 unspecified atom stereocenters. The summed E-state index contributed by atoms with van der Waals surface area (Å²) < 4.78 is 38.8. The van der Waals surface area contributed by atoms with E-state index in [-0.39, 0.29) is 17.3 Å². The first-order chi connectivity index (χ1) is 8.88. The summed E-state index contributed by atoms with van der Waals surface area (Å²) in [4.78, 5) is 0. The van der Waals surface area contributed by atoms with E-state index in [2.05, 4.69) is 5.32 Å². The van der Waals surface area contributed by atoms with E-state index in [9.17, 15) is 13.2 Å². The molecule has 1 rings (SSSR count). The lowest BCUT2D eigenvalue weighted by molar-refractivity contribution is -0.137. The van der Waals surface area contributed by atoms with Crippen LogP contribution in [0.1, 0.15) is 44.2 Å². The number of hydrogen-bond acceptors (Lipinski definition) is 2. The van der Waals surface area contributed by atoms with Gasteiger partial charge in [0, 0.05) is 11.7 Å². The number of unbranched alkanes of at least 4 members (excludes halogenated alkanes) is 1. The Morgan fingerprint density at radius 1 is 1.37 bits per heavy atom. The molecule has 2 nitrogen and oxygen atoms in total. The summed E-state index contributed by atoms with van der Waals surface area (Å²) in [6.07, 6.45) is -1.68. The van der Waals surface area contributed by atoms with Crippen LogP contribution in [0.4, 0.5) is 18.9 Å². The minimum Gasteiger partial charge on any atom is -0.382 e. The first-order valence-electron chi connectivity index (χ1n) is 6.26. The number of nitrogens with one attached hydrogen (secondary N) is 1. The van der Waals surface area contributed by atoms with Gasteiger partial charge in [-0.1, -0.05) is 19.8 Å². The van der Waals surface area contributed by atoms with Gasteiger partial charge in [0.15, 0.2) is 0 Å². The summed E-state index contributed by atoms with van der Waals surface area (Å²) in [7, 11) is 0. The standard InChI is InChI=1S/C14H17F3N2/c1-3-4-5-10(2)19-13-7-6-11(9-18)8-12(13)14(15,16)17/h6-8,10,19H,3-5H2,1-2H3. The average molecular weight is 270 g/mol. The molecule has 1 aromatic carbocycles. The number of nitriles is 1. The van der Waals surface area contributed by atoms with E-state index in [0.717, 1.165) is 25.3 Å². The topological polar surface area (TPSA) is 35.8 Å². The van der Waals surface area contributed by atoms with Crippen LogP contribution >= 0.6 is 0 Å². The molecule has 0 bridgehead atoms. The molecule has 0 aromatic heterocycles. The zero-order valence-electron chi connectivity index (χ0n) is 11.0. The van der Waals surface area contributed by atoms with Crippen molar-refractivity contribution in [2.24, 2.45) is 0 Å². The summed E-state index contributed by atoms with van der Waals surface area (Å²) in [6.45, 7) is 3.89. The van der Waals surface area contributed by atoms with Crippen molar-refractivity contribution in [1.29, 1.82) is 5.26 Å². The minimum atomic E-state index is -4.46. The van der Waals surface area contributed by atoms with Crippen LogP contribution in [0, 0.1) is 11.3 Å². The van der Waals surface area contributed by atoms with Crippen molar-refractivity contribution in [3.8, 4) is 6.07 Å². The van der Waals surface area contributed by atoms with Crippen molar-refractivity contribution >= 4 is 5.69 Å². The molecule has 0 aliphatic carbocycles. The Bertz CT molecular complexity index is 461. The highest BCUT2D eigenvalue weighted by molar-refractivity contribution is 5.56. The van der Waals surface area contributed by atoms with Gasteiger partial charge < -0.3 is 5.32 Å². The van der Waals surface area contributed by atoms with E-state index in [1.54, 1.807) is 6.07 Å². The summed E-state index contributed by atoms with van der Waals surface area (Å²) >= 11 is 0. The molecule has 0 spiro atoms. The maximum atomic E-state index is 12.9. The molecule has 0 fully saturated rings. The minimum absolute atomic E-state index is 0.0130. The van der Waals surface area contributed by atoms with Gasteiger partial charge in [-0.2, -0.15) is 18.4 Å². The molecule has 5 heteroatoms. The van der Waals surface area contributed by atoms with Crippen LogP contribution in [0.5, 0.6) is 0 Å². The molecule has 0 amide bonds. The van der Waals surface area contributed by atoms with E-state index in [4.69, 9.17) is 5.26 Å². The molecule has 0 saturated carbocycles. The summed E-state index contributed by atoms with van der Waals surface area (Å²) in [6, 6.07) is 5.29. The smallest absolute Gasteiger partial charge is 0.382 e. The molecular weight excluding hydrogens is 253 g/mol. The fourth-order valence-corrected chi connectivity index (χ4v) is 1.82. The van der Waals surface area contributed by atoms with Crippen molar-refractivity contribution in [3.05, 3.63) is 29.3 Å². The number of rotatable bonds is 5. The molecule has 0 aliphatic heterocycles. The molecule has 104 valence electrons. The van der Waals surface area contributed by atoms with Crippen molar-refractivity contribution in [2.45, 2.75) is 45.3 Å². The highest BCUT2D eigenvalue weighted by atomic mass is 19.4. The molecule has 0 radical (unpaired) electrons. The van der Waals surface area contributed by atoms with Crippen molar-refractivity contribution in [3.63, 3.8) is 0 Å². The summed E-state index contributed by atoms with van der Waals surface area (Å²) in [5.41, 5.74) is -0.732. The summed E-state index contributed by atoms with van der Waals surface area (Å²) in [5.74, 6) is 0. The van der Waals surface area contributed by atoms with E-state index in [0.29, 0.717) is 0 Å². The first-order valence-corrected chi connectivity index (χ1v) is 6.26. The Balaban J connectivity index is 2.97. The van der Waals surface area contributed by atoms with Crippen LogP contribution in [0.25, 0.3) is 0 Å². The van der Waals surface area contributed by atoms with Crippen LogP contribution in [0.3, 0.4) is 0 Å². The Kier molecular flexibility index (Phi) is 5.22. The Morgan fingerprint density at radius 2 is 2.05 bits per heavy atom. The number of halogens is 3. The molecule has 0 aliphatic rings. The number of benzene rings is 1. The van der Waals surface area contributed by atoms with Crippen molar-refractivity contribution in [1.82, 2.24) is 0 Å². The van der Waals surface area contributed by atoms with Crippen LogP contribution < -0.4 is 5.32 Å². The average Bonchev–Trinajstić information content (AvgIpc) is 2.35. The number of hydrogen-bond donors (Lipinski definition) is 1. The molecule has 1 atom stereocenters. The molecule has 1 aromatic rings. The van der Waals surface area contributed by atoms with E-state index < -0.39 is 11.7 Å². The molecule has 0 heterocycles. The highest BCUT2D eigenvalue weighted by Crippen LogP contribution is 2.35. The predicted octanol–water partition coefficient (Wildman–Crippen LogP) is 4.57. The van der Waals surface area contributed by atoms with Crippen LogP contribution in [0.15, 0.2) is 18.2 Å². The Morgan fingerprint density at radius 3 is 2.58 bits per heavy atom. The second kappa shape index (κ2) is 6.46. The van der Waals surface area contributed by atoms with Gasteiger partial charge in [-0.3, -0.25) is 0 Å². The van der Waals surface area contributed by atoms with E-state index >= 15 is 0 Å². The van der Waals surface area contributed by atoms with Gasteiger partial charge in [-0.05, 0) is 31.5 Å². The molecule has 1 N–H and O–H groups in total. The lowest BCUT2D eigenvalue weighted by atomic mass is 10.1. The zero-order chi connectivity index (χ0) is 14.5. The summed E-state index contributed by atoms with van der Waals surface area (Å²) in [5, 5.41) is 11.6. The first kappa shape index (κ1) is 15.4. The normalized spacial score (nSPS) is 12.8. The van der Waals surface area contributed by atoms with Crippen LogP contribution in [-0.4, -0.2) is 6.04 Å². The Hall–Kier alpha value is -1.70. The van der Waals surface area contributed by atoms with E-state index in [1.807, 2.05) is 13.8 Å². The SMILES string of the molecule is CCCCC(C)Nc1ccc(C#N)cc1C(F)(F)F. The maximum absolute atomic E-state index is 12.9. The maximum Gasteiger partial charge on any atom is 0.418 e. The monoisotopic (exact) mass is 270 g/mol. The van der Waals surface area contributed by atoms with Crippen molar-refractivity contribution < 1.29 is 13.2 Å². The third-order valence-electron chi connectivity index (χ3n) is 2.85. The van der Waals surface area contributed by atoms with Gasteiger partial charge in [0.25, 0.3) is 0 Å². The largest absolute Gasteiger partial charge is 0.418 e. The van der Waals surface area contributed by atoms with Gasteiger partial charge in [0.2, 0.25) is 0 Å². The highest BCUT2D eigenvalue weighted by Gasteiger charge is 2.34. The third-order valence-corrected chi connectivity index (χ3v) is 2.85. The zero-order valence-corrected chi connectivity index (χ0v) is 11.0. The Labute approximate surface area is 111 Å². The fraction of sp³-hybridized carbons (Fsp3) is 0.500. The van der Waals surface area contributed by atoms with Crippen LogP contribution in [0.2, 0.25) is 0 Å². The van der Waals surface area contributed by atoms with Gasteiger partial charge in [-0.25, -0.2) is 0 Å². The quantitative estimate of drug-likeness (QED) is 0.850. The second-order valence-corrected chi connectivity index (χ2v) is 4.56. The lowest BCUT2D eigenvalue weighted by Crippen LogP contribution is -2.18. The number of alkyl halides is 3. The predicted molar refractivity (Wildman–Crippen MR) is 68.8 cm³/mol. The second-order valence-electron chi connectivity index (χ2n) is 4.56. The number of nitrogens with zero attached hydrogens (tertiary/aromatic N) is 1. The van der Waals surface area contributed by atoms with E-state index in [1.165, 1.54) is 12.1 Å². The number of anilines is 1. The molecule has 19 heavy (non-hydrogen) atoms.